The van der Waals surface area contributed by atoms with Crippen molar-refractivity contribution in [2.45, 2.75) is 26.3 Å². The molecule has 4 N–H and O–H groups in total. The van der Waals surface area contributed by atoms with E-state index in [1.807, 2.05) is 19.9 Å². The molecule has 0 amide bonds. The average molecular weight is 246 g/mol. The summed E-state index contributed by atoms with van der Waals surface area (Å²) >= 11 is 0. The highest BCUT2D eigenvalue weighted by molar-refractivity contribution is 5.85. The highest BCUT2D eigenvalue weighted by Crippen LogP contribution is 2.24. The maximum Gasteiger partial charge on any atom is 0.320 e. The lowest BCUT2D eigenvalue weighted by Crippen LogP contribution is -2.32. The fourth-order valence-corrected chi connectivity index (χ4v) is 1.55. The molecule has 0 saturated carbocycles. The molecule has 0 fully saturated rings. The van der Waals surface area contributed by atoms with E-state index in [0.29, 0.717) is 5.56 Å². The van der Waals surface area contributed by atoms with Crippen LogP contribution in [0.4, 0.5) is 0 Å². The first-order valence-electron chi connectivity index (χ1n) is 4.69. The topological polar surface area (TPSA) is 83.6 Å². The Morgan fingerprint density at radius 2 is 2.00 bits per heavy atom. The normalized spacial score (nSPS) is 11.7. The van der Waals surface area contributed by atoms with Crippen LogP contribution in [0.1, 0.15) is 16.7 Å². The van der Waals surface area contributed by atoms with E-state index in [2.05, 4.69) is 0 Å². The van der Waals surface area contributed by atoms with Gasteiger partial charge in [0.05, 0.1) is 0 Å². The smallest absolute Gasteiger partial charge is 0.320 e. The monoisotopic (exact) mass is 245 g/mol. The van der Waals surface area contributed by atoms with Gasteiger partial charge in [-0.15, -0.1) is 12.4 Å². The zero-order valence-corrected chi connectivity index (χ0v) is 10.0. The van der Waals surface area contributed by atoms with Gasteiger partial charge in [-0.2, -0.15) is 0 Å². The fraction of sp³-hybridized carbons (Fsp3) is 0.364. The van der Waals surface area contributed by atoms with Crippen molar-refractivity contribution in [1.82, 2.24) is 0 Å². The number of rotatable bonds is 3. The van der Waals surface area contributed by atoms with E-state index >= 15 is 0 Å². The molecule has 1 rings (SSSR count). The third-order valence-electron chi connectivity index (χ3n) is 2.33. The summed E-state index contributed by atoms with van der Waals surface area (Å²) < 4.78 is 0. The molecule has 0 aliphatic rings. The van der Waals surface area contributed by atoms with E-state index in [4.69, 9.17) is 10.8 Å². The predicted molar refractivity (Wildman–Crippen MR) is 64.1 cm³/mol. The second-order valence-corrected chi connectivity index (χ2v) is 3.73. The molecule has 0 spiro atoms. The van der Waals surface area contributed by atoms with Crippen LogP contribution in [-0.4, -0.2) is 22.2 Å². The first-order chi connectivity index (χ1) is 6.91. The van der Waals surface area contributed by atoms with Gasteiger partial charge in [0, 0.05) is 6.42 Å². The van der Waals surface area contributed by atoms with E-state index in [0.717, 1.165) is 11.1 Å². The molecule has 4 nitrogen and oxygen atoms in total. The Morgan fingerprint density at radius 1 is 1.44 bits per heavy atom. The number of hydrogen-bond acceptors (Lipinski definition) is 3. The van der Waals surface area contributed by atoms with Gasteiger partial charge in [-0.05, 0) is 36.6 Å². The lowest BCUT2D eigenvalue weighted by molar-refractivity contribution is -0.138. The van der Waals surface area contributed by atoms with Gasteiger partial charge in [0.25, 0.3) is 0 Å². The van der Waals surface area contributed by atoms with Crippen molar-refractivity contribution in [3.8, 4) is 5.75 Å². The molecule has 0 unspecified atom stereocenters. The minimum absolute atomic E-state index is 0. The van der Waals surface area contributed by atoms with Crippen LogP contribution in [0, 0.1) is 13.8 Å². The van der Waals surface area contributed by atoms with Crippen molar-refractivity contribution in [3.63, 3.8) is 0 Å². The van der Waals surface area contributed by atoms with Gasteiger partial charge in [-0.1, -0.05) is 6.07 Å². The number of aromatic hydroxyl groups is 1. The Kier molecular flexibility index (Phi) is 5.27. The number of aryl methyl sites for hydroxylation is 2. The summed E-state index contributed by atoms with van der Waals surface area (Å²) in [4.78, 5) is 10.6. The molecule has 1 aromatic rings. The molecule has 0 bridgehead atoms. The van der Waals surface area contributed by atoms with Gasteiger partial charge in [-0.3, -0.25) is 4.79 Å². The summed E-state index contributed by atoms with van der Waals surface area (Å²) in [6.07, 6.45) is 0.146. The Bertz CT molecular complexity index is 370. The first kappa shape index (κ1) is 14.7. The predicted octanol–water partition coefficient (Wildman–Crippen LogP) is 1.39. The lowest BCUT2D eigenvalue weighted by Gasteiger charge is -2.12. The summed E-state index contributed by atoms with van der Waals surface area (Å²) in [5, 5.41) is 18.3. The van der Waals surface area contributed by atoms with E-state index in [1.54, 1.807) is 6.07 Å². The van der Waals surface area contributed by atoms with Gasteiger partial charge >= 0.3 is 5.97 Å². The van der Waals surface area contributed by atoms with Crippen molar-refractivity contribution in [2.75, 3.05) is 0 Å². The number of carboxylic acid groups (broad SMARTS) is 1. The van der Waals surface area contributed by atoms with Crippen LogP contribution in [-0.2, 0) is 11.2 Å². The van der Waals surface area contributed by atoms with E-state index in [9.17, 15) is 9.90 Å². The quantitative estimate of drug-likeness (QED) is 0.751. The van der Waals surface area contributed by atoms with Crippen molar-refractivity contribution >= 4 is 18.4 Å². The second-order valence-electron chi connectivity index (χ2n) is 3.73. The lowest BCUT2D eigenvalue weighted by atomic mass is 9.98. The molecule has 5 heteroatoms. The van der Waals surface area contributed by atoms with Crippen LogP contribution in [0.5, 0.6) is 5.75 Å². The summed E-state index contributed by atoms with van der Waals surface area (Å²) in [5.41, 5.74) is 7.83. The molecule has 1 atom stereocenters. The number of phenols is 1. The van der Waals surface area contributed by atoms with Crippen molar-refractivity contribution < 1.29 is 15.0 Å². The molecule has 0 heterocycles. The molecule has 0 aliphatic heterocycles. The van der Waals surface area contributed by atoms with E-state index in [1.165, 1.54) is 0 Å². The summed E-state index contributed by atoms with van der Waals surface area (Å²) in [5.74, 6) is -0.946. The molecule has 1 aromatic carbocycles. The minimum atomic E-state index is -1.06. The highest BCUT2D eigenvalue weighted by atomic mass is 35.5. The highest BCUT2D eigenvalue weighted by Gasteiger charge is 2.16. The Hall–Kier alpha value is -1.26. The van der Waals surface area contributed by atoms with Crippen LogP contribution in [0.2, 0.25) is 0 Å². The zero-order chi connectivity index (χ0) is 11.6. The molecular weight excluding hydrogens is 230 g/mol. The number of phenolic OH excluding ortho intramolecular Hbond substituents is 1. The number of nitrogens with two attached hydrogens (primary N) is 1. The van der Waals surface area contributed by atoms with Crippen LogP contribution in [0.15, 0.2) is 12.1 Å². The molecule has 16 heavy (non-hydrogen) atoms. The number of aliphatic carboxylic acids is 1. The summed E-state index contributed by atoms with van der Waals surface area (Å²) in [6.45, 7) is 3.70. The number of hydrogen-bond donors (Lipinski definition) is 3. The first-order valence-corrected chi connectivity index (χ1v) is 4.69. The van der Waals surface area contributed by atoms with Crippen molar-refractivity contribution in [3.05, 3.63) is 28.8 Å². The Morgan fingerprint density at radius 3 is 2.44 bits per heavy atom. The van der Waals surface area contributed by atoms with Gasteiger partial charge in [0.1, 0.15) is 11.8 Å². The third kappa shape index (κ3) is 3.40. The average Bonchev–Trinajstić information content (AvgIpc) is 2.10. The van der Waals surface area contributed by atoms with E-state index < -0.39 is 12.0 Å². The zero-order valence-electron chi connectivity index (χ0n) is 9.23. The largest absolute Gasteiger partial charge is 0.508 e. The Balaban J connectivity index is 0.00000225. The molecule has 90 valence electrons. The number of halogens is 1. The van der Waals surface area contributed by atoms with Gasteiger partial charge < -0.3 is 15.9 Å². The van der Waals surface area contributed by atoms with Crippen LogP contribution < -0.4 is 5.73 Å². The second kappa shape index (κ2) is 5.72. The third-order valence-corrected chi connectivity index (χ3v) is 2.33. The van der Waals surface area contributed by atoms with Gasteiger partial charge in [0.15, 0.2) is 0 Å². The van der Waals surface area contributed by atoms with Crippen LogP contribution in [0.3, 0.4) is 0 Å². The van der Waals surface area contributed by atoms with Crippen LogP contribution in [0.25, 0.3) is 0 Å². The standard InChI is InChI=1S/C11H15NO3.ClH/c1-6-3-7(2)8(10(13)4-6)5-9(12)11(14)15;/h3-4,9,13H,5,12H2,1-2H3,(H,14,15);1H/t9-;/m0./s1. The van der Waals surface area contributed by atoms with Gasteiger partial charge in [0.2, 0.25) is 0 Å². The number of carbonyl (C=O) groups is 1. The maximum absolute atomic E-state index is 10.6. The molecule has 0 saturated heterocycles. The van der Waals surface area contributed by atoms with Gasteiger partial charge in [-0.25, -0.2) is 0 Å². The summed E-state index contributed by atoms with van der Waals surface area (Å²) in [7, 11) is 0. The number of carboxylic acids is 1. The molecule has 0 radical (unpaired) electrons. The minimum Gasteiger partial charge on any atom is -0.508 e. The number of benzene rings is 1. The fourth-order valence-electron chi connectivity index (χ4n) is 1.55. The SMILES string of the molecule is Cc1cc(C)c(C[C@H](N)C(=O)O)c(O)c1.Cl. The molecular formula is C11H16ClNO3. The van der Waals surface area contributed by atoms with Crippen LogP contribution >= 0.6 is 12.4 Å². The molecule has 0 aromatic heterocycles. The summed E-state index contributed by atoms with van der Waals surface area (Å²) in [6, 6.07) is 2.53. The van der Waals surface area contributed by atoms with Crippen molar-refractivity contribution in [1.29, 1.82) is 0 Å². The van der Waals surface area contributed by atoms with Crippen molar-refractivity contribution in [2.24, 2.45) is 5.73 Å². The maximum atomic E-state index is 10.6. The Labute approximate surface area is 100 Å². The van der Waals surface area contributed by atoms with E-state index in [-0.39, 0.29) is 24.6 Å². The molecule has 0 aliphatic carbocycles.